The number of aromatic nitrogens is 5. The normalized spacial score (nSPS) is 18.0. The van der Waals surface area contributed by atoms with Gasteiger partial charge in [-0.15, -0.1) is 10.2 Å². The summed E-state index contributed by atoms with van der Waals surface area (Å²) in [6.07, 6.45) is 4.94. The Morgan fingerprint density at radius 3 is 2.74 bits per heavy atom. The molecular formula is C18H20N6O2S. The second-order valence-corrected chi connectivity index (χ2v) is 8.53. The number of pyridine rings is 1. The molecule has 0 amide bonds. The molecule has 1 aliphatic heterocycles. The van der Waals surface area contributed by atoms with E-state index in [1.165, 1.54) is 4.80 Å². The van der Waals surface area contributed by atoms with E-state index < -0.39 is 10.0 Å². The number of nitrogens with zero attached hydrogens (tertiary/aromatic N) is 6. The summed E-state index contributed by atoms with van der Waals surface area (Å²) in [4.78, 5) is 5.84. The van der Waals surface area contributed by atoms with Crippen molar-refractivity contribution in [2.24, 2.45) is 0 Å². The van der Waals surface area contributed by atoms with Crippen molar-refractivity contribution in [3.8, 4) is 11.4 Å². The fraction of sp³-hybridized carbons (Fsp3) is 0.333. The number of hydrogen-bond acceptors (Lipinski definition) is 6. The summed E-state index contributed by atoms with van der Waals surface area (Å²) in [6, 6.07) is 10.4. The predicted octanol–water partition coefficient (Wildman–Crippen LogP) is 1.90. The number of rotatable bonds is 5. The lowest BCUT2D eigenvalue weighted by molar-refractivity contribution is 0.323. The first-order valence-corrected chi connectivity index (χ1v) is 10.2. The third-order valence-corrected chi connectivity index (χ3v) is 6.66. The monoisotopic (exact) mass is 384 g/mol. The third-order valence-electron chi connectivity index (χ3n) is 4.70. The Hall–Kier alpha value is -2.65. The molecular weight excluding hydrogens is 364 g/mol. The van der Waals surface area contributed by atoms with Crippen LogP contribution in [0.2, 0.25) is 0 Å². The van der Waals surface area contributed by atoms with Gasteiger partial charge >= 0.3 is 0 Å². The first-order valence-electron chi connectivity index (χ1n) is 8.81. The molecule has 27 heavy (non-hydrogen) atoms. The molecule has 1 aliphatic rings. The van der Waals surface area contributed by atoms with Crippen LogP contribution < -0.4 is 0 Å². The van der Waals surface area contributed by atoms with Gasteiger partial charge in [-0.2, -0.15) is 9.10 Å². The molecule has 1 saturated heterocycles. The van der Waals surface area contributed by atoms with Gasteiger partial charge in [-0.3, -0.25) is 4.98 Å². The zero-order chi connectivity index (χ0) is 18.9. The highest BCUT2D eigenvalue weighted by Crippen LogP contribution is 2.27. The van der Waals surface area contributed by atoms with Gasteiger partial charge in [-0.05, 0) is 49.2 Å². The molecule has 140 valence electrons. The molecule has 2 aromatic heterocycles. The maximum Gasteiger partial charge on any atom is 0.243 e. The van der Waals surface area contributed by atoms with Crippen LogP contribution in [0.5, 0.6) is 0 Å². The maximum atomic E-state index is 13.0. The van der Waals surface area contributed by atoms with Crippen LogP contribution in [0.3, 0.4) is 0 Å². The number of sulfonamides is 1. The molecule has 8 nitrogen and oxygen atoms in total. The van der Waals surface area contributed by atoms with Crippen molar-refractivity contribution in [3.05, 3.63) is 54.4 Å². The summed E-state index contributed by atoms with van der Waals surface area (Å²) in [6.45, 7) is 2.81. The Bertz CT molecular complexity index is 1020. The van der Waals surface area contributed by atoms with Gasteiger partial charge in [0.05, 0.1) is 11.4 Å². The number of hydrogen-bond donors (Lipinski definition) is 0. The molecule has 4 rings (SSSR count). The van der Waals surface area contributed by atoms with Gasteiger partial charge in [0.1, 0.15) is 0 Å². The Morgan fingerprint density at radius 1 is 1.19 bits per heavy atom. The van der Waals surface area contributed by atoms with Crippen LogP contribution >= 0.6 is 0 Å². The predicted molar refractivity (Wildman–Crippen MR) is 99.1 cm³/mol. The highest BCUT2D eigenvalue weighted by atomic mass is 32.2. The van der Waals surface area contributed by atoms with Crippen molar-refractivity contribution in [2.75, 3.05) is 6.54 Å². The highest BCUT2D eigenvalue weighted by molar-refractivity contribution is 7.89. The van der Waals surface area contributed by atoms with E-state index in [1.807, 2.05) is 31.2 Å². The molecule has 1 aromatic carbocycles. The lowest BCUT2D eigenvalue weighted by Gasteiger charge is -2.23. The summed E-state index contributed by atoms with van der Waals surface area (Å²) in [5.41, 5.74) is 1.81. The van der Waals surface area contributed by atoms with E-state index in [1.54, 1.807) is 28.8 Å². The number of tetrazole rings is 1. The molecule has 9 heteroatoms. The average Bonchev–Trinajstić information content (AvgIpc) is 3.33. The zero-order valence-electron chi connectivity index (χ0n) is 14.9. The lowest BCUT2D eigenvalue weighted by Crippen LogP contribution is -2.38. The Kier molecular flexibility index (Phi) is 4.71. The van der Waals surface area contributed by atoms with Gasteiger partial charge < -0.3 is 0 Å². The lowest BCUT2D eigenvalue weighted by atomic mass is 10.2. The molecule has 3 heterocycles. The Balaban J connectivity index is 1.54. The number of aryl methyl sites for hydroxylation is 1. The van der Waals surface area contributed by atoms with Gasteiger partial charge in [0.25, 0.3) is 0 Å². The molecule has 0 aliphatic carbocycles. The molecule has 3 aromatic rings. The fourth-order valence-corrected chi connectivity index (χ4v) is 4.96. The summed E-state index contributed by atoms with van der Waals surface area (Å²) in [5.74, 6) is 0.481. The van der Waals surface area contributed by atoms with Crippen LogP contribution in [0.1, 0.15) is 18.4 Å². The van der Waals surface area contributed by atoms with Crippen molar-refractivity contribution >= 4 is 10.0 Å². The first kappa shape index (κ1) is 17.7. The van der Waals surface area contributed by atoms with Gasteiger partial charge in [-0.1, -0.05) is 17.7 Å². The molecule has 0 radical (unpaired) electrons. The average molecular weight is 384 g/mol. The van der Waals surface area contributed by atoms with Crippen LogP contribution in [-0.4, -0.2) is 50.5 Å². The molecule has 0 unspecified atom stereocenters. The van der Waals surface area contributed by atoms with Crippen molar-refractivity contribution in [2.45, 2.75) is 37.2 Å². The van der Waals surface area contributed by atoms with Gasteiger partial charge in [0, 0.05) is 30.5 Å². The van der Waals surface area contributed by atoms with Crippen LogP contribution in [0.4, 0.5) is 0 Å². The second kappa shape index (κ2) is 7.16. The Labute approximate surface area is 157 Å². The van der Waals surface area contributed by atoms with Crippen molar-refractivity contribution < 1.29 is 8.42 Å². The molecule has 0 bridgehead atoms. The zero-order valence-corrected chi connectivity index (χ0v) is 15.7. The minimum absolute atomic E-state index is 0.188. The molecule has 1 atom stereocenters. The van der Waals surface area contributed by atoms with E-state index in [0.717, 1.165) is 24.0 Å². The van der Waals surface area contributed by atoms with Crippen LogP contribution in [0.25, 0.3) is 11.4 Å². The van der Waals surface area contributed by atoms with Crippen LogP contribution in [0.15, 0.2) is 53.7 Å². The minimum Gasteiger partial charge on any atom is -0.264 e. The minimum atomic E-state index is -3.54. The van der Waals surface area contributed by atoms with E-state index in [-0.39, 0.29) is 6.04 Å². The molecule has 0 N–H and O–H groups in total. The van der Waals surface area contributed by atoms with E-state index in [0.29, 0.717) is 23.8 Å². The van der Waals surface area contributed by atoms with E-state index >= 15 is 0 Å². The number of benzene rings is 1. The summed E-state index contributed by atoms with van der Waals surface area (Å²) in [7, 11) is -3.54. The summed E-state index contributed by atoms with van der Waals surface area (Å²) >= 11 is 0. The second-order valence-electron chi connectivity index (χ2n) is 6.63. The largest absolute Gasteiger partial charge is 0.264 e. The molecule has 0 saturated carbocycles. The molecule has 0 spiro atoms. The van der Waals surface area contributed by atoms with Crippen LogP contribution in [-0.2, 0) is 16.6 Å². The van der Waals surface area contributed by atoms with Gasteiger partial charge in [0.15, 0.2) is 0 Å². The summed E-state index contributed by atoms with van der Waals surface area (Å²) < 4.78 is 27.6. The highest BCUT2D eigenvalue weighted by Gasteiger charge is 2.35. The van der Waals surface area contributed by atoms with Crippen molar-refractivity contribution in [1.82, 2.24) is 29.5 Å². The van der Waals surface area contributed by atoms with E-state index in [4.69, 9.17) is 0 Å². The van der Waals surface area contributed by atoms with Gasteiger partial charge in [-0.25, -0.2) is 8.42 Å². The SMILES string of the molecule is Cc1ccc(S(=O)(=O)N2CCC[C@H]2Cn2nnc(-c3cccnc3)n2)cc1. The third kappa shape index (κ3) is 3.60. The Morgan fingerprint density at radius 2 is 2.00 bits per heavy atom. The van der Waals surface area contributed by atoms with Crippen molar-refractivity contribution in [1.29, 1.82) is 0 Å². The van der Waals surface area contributed by atoms with E-state index in [2.05, 4.69) is 20.4 Å². The standard InChI is InChI=1S/C18H20N6O2S/c1-14-6-8-17(9-7-14)27(25,26)23-11-3-5-16(23)13-24-21-18(20-22-24)15-4-2-10-19-12-15/h2,4,6-10,12,16H,3,5,11,13H2,1H3/t16-/m0/s1. The van der Waals surface area contributed by atoms with Gasteiger partial charge in [0.2, 0.25) is 15.8 Å². The topological polar surface area (TPSA) is 93.9 Å². The molecule has 1 fully saturated rings. The summed E-state index contributed by atoms with van der Waals surface area (Å²) in [5, 5.41) is 12.5. The quantitative estimate of drug-likeness (QED) is 0.667. The maximum absolute atomic E-state index is 13.0. The van der Waals surface area contributed by atoms with E-state index in [9.17, 15) is 8.42 Å². The smallest absolute Gasteiger partial charge is 0.243 e. The van der Waals surface area contributed by atoms with Crippen LogP contribution in [0, 0.1) is 6.92 Å². The first-order chi connectivity index (χ1) is 13.0. The van der Waals surface area contributed by atoms with Crippen molar-refractivity contribution in [3.63, 3.8) is 0 Å². The fourth-order valence-electron chi connectivity index (χ4n) is 3.27.